The van der Waals surface area contributed by atoms with Crippen molar-refractivity contribution in [2.24, 2.45) is 0 Å². The Labute approximate surface area is 174 Å². The van der Waals surface area contributed by atoms with Gasteiger partial charge in [0.2, 0.25) is 0 Å². The Morgan fingerprint density at radius 1 is 0.636 bits per heavy atom. The van der Waals surface area contributed by atoms with E-state index in [0.29, 0.717) is 0 Å². The van der Waals surface area contributed by atoms with Crippen molar-refractivity contribution in [1.82, 2.24) is 0 Å². The van der Waals surface area contributed by atoms with Crippen LogP contribution in [0.3, 0.4) is 0 Å². The number of rotatable bonds is 13. The van der Waals surface area contributed by atoms with Crippen LogP contribution in [0.5, 0.6) is 0 Å². The van der Waals surface area contributed by atoms with Gasteiger partial charge in [-0.3, -0.25) is 0 Å². The van der Waals surface area contributed by atoms with E-state index in [-0.39, 0.29) is 0 Å². The van der Waals surface area contributed by atoms with Crippen LogP contribution in [0.15, 0.2) is 0 Å². The molecule has 0 N–H and O–H groups in total. The van der Waals surface area contributed by atoms with Crippen molar-refractivity contribution in [3.63, 3.8) is 0 Å². The maximum Gasteiger partial charge on any atom is 0.0578 e. The summed E-state index contributed by atoms with van der Waals surface area (Å²) < 4.78 is 2.86. The van der Waals surface area contributed by atoms with Gasteiger partial charge in [-0.25, -0.2) is 0 Å². The van der Waals surface area contributed by atoms with Crippen molar-refractivity contribution >= 4 is 79.6 Å². The van der Waals surface area contributed by atoms with Crippen LogP contribution in [0.2, 0.25) is 69.0 Å². The van der Waals surface area contributed by atoms with Crippen LogP contribution in [0.4, 0.5) is 0 Å². The van der Waals surface area contributed by atoms with Crippen LogP contribution in [0.1, 0.15) is 19.3 Å². The topological polar surface area (TPSA) is 0 Å². The first-order valence-electron chi connectivity index (χ1n) is 8.86. The van der Waals surface area contributed by atoms with Gasteiger partial charge in [-0.05, 0) is 8.10 Å². The Hall–Kier alpha value is 2.33. The zero-order valence-corrected chi connectivity index (χ0v) is 23.8. The number of alkyl halides is 2. The minimum absolute atomic E-state index is 0.870. The fourth-order valence-electron chi connectivity index (χ4n) is 3.01. The number of hydrogen-bond donors (Lipinski definition) is 0. The third-order valence-corrected chi connectivity index (χ3v) is 27.2. The normalized spacial score (nSPS) is 13.6. The second kappa shape index (κ2) is 11.8. The smallest absolute Gasteiger partial charge is 0.0578 e. The molecular formula is C16H37I2Si4. The van der Waals surface area contributed by atoms with E-state index in [0.717, 1.165) is 0 Å². The summed E-state index contributed by atoms with van der Waals surface area (Å²) in [5.41, 5.74) is 0. The van der Waals surface area contributed by atoms with E-state index in [2.05, 4.69) is 88.2 Å². The lowest BCUT2D eigenvalue weighted by atomic mass is 10.5. The standard InChI is InChI=1S/C16H37I2Si4/c1-20(2,15-17)10-7-13-22(5,12-6-9-19)14-8-11-21(3,4)16-18/h6-16H2,1-5H3. The predicted octanol–water partition coefficient (Wildman–Crippen LogP) is 7.19. The summed E-state index contributed by atoms with van der Waals surface area (Å²) in [6, 6.07) is 9.05. The Balaban J connectivity index is 4.39. The summed E-state index contributed by atoms with van der Waals surface area (Å²) in [5, 5.41) is 0. The molecule has 6 heteroatoms. The average Bonchev–Trinajstić information content (AvgIpc) is 2.45. The van der Waals surface area contributed by atoms with E-state index >= 15 is 0 Å². The largest absolute Gasteiger partial charge is 0.0897 e. The maximum absolute atomic E-state index is 3.71. The molecule has 0 aromatic rings. The predicted molar refractivity (Wildman–Crippen MR) is 133 cm³/mol. The van der Waals surface area contributed by atoms with Gasteiger partial charge in [-0.1, -0.05) is 133 Å². The lowest BCUT2D eigenvalue weighted by molar-refractivity contribution is 0.912. The summed E-state index contributed by atoms with van der Waals surface area (Å²) in [5.74, 6) is 0. The van der Waals surface area contributed by atoms with Crippen LogP contribution in [0, 0.1) is 0 Å². The average molecular weight is 596 g/mol. The SMILES string of the molecule is C[Si](C)(CI)CCC[Si](C)(CCC[Si])CCC[Si](C)(C)CI. The lowest BCUT2D eigenvalue weighted by Crippen LogP contribution is -2.34. The second-order valence-corrected chi connectivity index (χ2v) is 29.4. The second-order valence-electron chi connectivity index (χ2n) is 8.97. The van der Waals surface area contributed by atoms with E-state index in [9.17, 15) is 0 Å². The first-order chi connectivity index (χ1) is 10.1. The molecule has 0 aromatic heterocycles. The summed E-state index contributed by atoms with van der Waals surface area (Å²) in [6.45, 7) is 13.0. The molecule has 0 aromatic carbocycles. The molecule has 0 amide bonds. The van der Waals surface area contributed by atoms with Crippen LogP contribution in [0.25, 0.3) is 0 Å². The Morgan fingerprint density at radius 2 is 1.00 bits per heavy atom. The molecule has 0 aliphatic carbocycles. The molecule has 0 rings (SSSR count). The number of hydrogen-bond acceptors (Lipinski definition) is 0. The molecule has 0 heterocycles. The first-order valence-corrected chi connectivity index (χ1v) is 22.6. The first kappa shape index (κ1) is 24.3. The molecule has 22 heavy (non-hydrogen) atoms. The highest BCUT2D eigenvalue weighted by Crippen LogP contribution is 2.31. The van der Waals surface area contributed by atoms with Gasteiger partial charge in [0.15, 0.2) is 0 Å². The van der Waals surface area contributed by atoms with Gasteiger partial charge in [0.05, 0.1) is 24.2 Å². The van der Waals surface area contributed by atoms with E-state index < -0.39 is 24.2 Å². The Bertz CT molecular complexity index is 274. The fourth-order valence-corrected chi connectivity index (χ4v) is 12.9. The quantitative estimate of drug-likeness (QED) is 0.120. The highest BCUT2D eigenvalue weighted by molar-refractivity contribution is 14.1. The number of halogens is 2. The molecule has 0 unspecified atom stereocenters. The highest BCUT2D eigenvalue weighted by Gasteiger charge is 2.28. The summed E-state index contributed by atoms with van der Waals surface area (Å²) in [4.78, 5) is 0. The Kier molecular flexibility index (Phi) is 13.1. The lowest BCUT2D eigenvalue weighted by Gasteiger charge is -2.30. The third-order valence-electron chi connectivity index (χ3n) is 4.95. The molecule has 0 nitrogen and oxygen atoms in total. The molecule has 0 aliphatic heterocycles. The fraction of sp³-hybridized carbons (Fsp3) is 1.00. The van der Waals surface area contributed by atoms with Crippen LogP contribution in [-0.2, 0) is 0 Å². The highest BCUT2D eigenvalue weighted by atomic mass is 127. The third kappa shape index (κ3) is 11.8. The zero-order valence-electron chi connectivity index (χ0n) is 15.5. The van der Waals surface area contributed by atoms with Crippen LogP contribution >= 0.6 is 45.2 Å². The van der Waals surface area contributed by atoms with Gasteiger partial charge >= 0.3 is 0 Å². The van der Waals surface area contributed by atoms with Crippen molar-refractivity contribution in [2.45, 2.75) is 88.3 Å². The van der Waals surface area contributed by atoms with Gasteiger partial charge in [0.1, 0.15) is 0 Å². The molecule has 0 bridgehead atoms. The molecule has 0 saturated heterocycles. The van der Waals surface area contributed by atoms with Crippen LogP contribution < -0.4 is 0 Å². The minimum atomic E-state index is -0.987. The van der Waals surface area contributed by atoms with E-state index in [1.165, 1.54) is 33.4 Å². The maximum atomic E-state index is 3.71. The molecule has 0 aliphatic rings. The Morgan fingerprint density at radius 3 is 1.32 bits per heavy atom. The summed E-state index contributed by atoms with van der Waals surface area (Å²) >= 11 is 5.24. The molecular weight excluding hydrogens is 558 g/mol. The van der Waals surface area contributed by atoms with Gasteiger partial charge < -0.3 is 0 Å². The van der Waals surface area contributed by atoms with Gasteiger partial charge in [0, 0.05) is 10.2 Å². The van der Waals surface area contributed by atoms with Gasteiger partial charge in [0.25, 0.3) is 0 Å². The molecule has 0 atom stereocenters. The van der Waals surface area contributed by atoms with Crippen molar-refractivity contribution in [2.75, 3.05) is 8.10 Å². The van der Waals surface area contributed by atoms with Crippen molar-refractivity contribution < 1.29 is 0 Å². The monoisotopic (exact) mass is 595 g/mol. The van der Waals surface area contributed by atoms with Crippen molar-refractivity contribution in [3.05, 3.63) is 0 Å². The van der Waals surface area contributed by atoms with Crippen molar-refractivity contribution in [1.29, 1.82) is 0 Å². The van der Waals surface area contributed by atoms with Gasteiger partial charge in [-0.15, -0.1) is 0 Å². The molecule has 0 saturated carbocycles. The van der Waals surface area contributed by atoms with E-state index in [1.54, 1.807) is 30.2 Å². The minimum Gasteiger partial charge on any atom is -0.0897 e. The summed E-state index contributed by atoms with van der Waals surface area (Å²) in [6.07, 6.45) is 4.46. The molecule has 3 radical (unpaired) electrons. The van der Waals surface area contributed by atoms with Crippen molar-refractivity contribution in [3.8, 4) is 0 Å². The van der Waals surface area contributed by atoms with E-state index in [4.69, 9.17) is 0 Å². The van der Waals surface area contributed by atoms with Crippen LogP contribution in [-0.4, -0.2) is 42.6 Å². The summed E-state index contributed by atoms with van der Waals surface area (Å²) in [7, 11) is 0.979. The molecule has 0 fully saturated rings. The van der Waals surface area contributed by atoms with E-state index in [1.807, 2.05) is 0 Å². The zero-order chi connectivity index (χ0) is 17.3. The van der Waals surface area contributed by atoms with Gasteiger partial charge in [-0.2, -0.15) is 0 Å². The molecule has 0 spiro atoms. The molecule has 131 valence electrons.